The SMILES string of the molecule is CCOc1ccc(NCCc2cccs2)cc1F. The van der Waals surface area contributed by atoms with Crippen LogP contribution in [0.2, 0.25) is 0 Å². The smallest absolute Gasteiger partial charge is 0.167 e. The molecule has 1 aromatic heterocycles. The minimum absolute atomic E-state index is 0.307. The first-order valence-corrected chi connectivity index (χ1v) is 6.86. The quantitative estimate of drug-likeness (QED) is 0.854. The maximum atomic E-state index is 13.6. The lowest BCUT2D eigenvalue weighted by molar-refractivity contribution is 0.321. The monoisotopic (exact) mass is 265 g/mol. The largest absolute Gasteiger partial charge is 0.491 e. The Morgan fingerprint density at radius 2 is 2.22 bits per heavy atom. The van der Waals surface area contributed by atoms with Gasteiger partial charge in [-0.05, 0) is 36.9 Å². The van der Waals surface area contributed by atoms with Crippen molar-refractivity contribution < 1.29 is 9.13 Å². The summed E-state index contributed by atoms with van der Waals surface area (Å²) in [5, 5.41) is 5.27. The fourth-order valence-electron chi connectivity index (χ4n) is 1.67. The summed E-state index contributed by atoms with van der Waals surface area (Å²) in [5.41, 5.74) is 0.785. The van der Waals surface area contributed by atoms with Crippen molar-refractivity contribution in [3.05, 3.63) is 46.4 Å². The maximum absolute atomic E-state index is 13.6. The first kappa shape index (κ1) is 12.9. The third kappa shape index (κ3) is 3.47. The highest BCUT2D eigenvalue weighted by Crippen LogP contribution is 2.21. The molecule has 0 unspecified atom stereocenters. The first-order valence-electron chi connectivity index (χ1n) is 5.98. The van der Waals surface area contributed by atoms with Gasteiger partial charge in [0.2, 0.25) is 0 Å². The molecule has 0 fully saturated rings. The molecule has 0 spiro atoms. The van der Waals surface area contributed by atoms with Crippen molar-refractivity contribution in [1.82, 2.24) is 0 Å². The number of anilines is 1. The van der Waals surface area contributed by atoms with Gasteiger partial charge in [-0.15, -0.1) is 11.3 Å². The zero-order valence-electron chi connectivity index (χ0n) is 10.3. The van der Waals surface area contributed by atoms with Crippen molar-refractivity contribution in [3.8, 4) is 5.75 Å². The molecule has 0 atom stereocenters. The molecule has 0 aliphatic carbocycles. The van der Waals surface area contributed by atoms with E-state index in [-0.39, 0.29) is 5.82 Å². The molecule has 18 heavy (non-hydrogen) atoms. The third-order valence-corrected chi connectivity index (χ3v) is 3.45. The molecule has 1 heterocycles. The Balaban J connectivity index is 1.88. The molecule has 0 amide bonds. The fourth-order valence-corrected chi connectivity index (χ4v) is 2.38. The van der Waals surface area contributed by atoms with Crippen LogP contribution in [0.5, 0.6) is 5.75 Å². The van der Waals surface area contributed by atoms with Crippen LogP contribution in [0.1, 0.15) is 11.8 Å². The van der Waals surface area contributed by atoms with Gasteiger partial charge in [-0.2, -0.15) is 0 Å². The molecule has 1 N–H and O–H groups in total. The van der Waals surface area contributed by atoms with Crippen LogP contribution in [0.15, 0.2) is 35.7 Å². The summed E-state index contributed by atoms with van der Waals surface area (Å²) in [6.45, 7) is 3.11. The van der Waals surface area contributed by atoms with Gasteiger partial charge >= 0.3 is 0 Å². The van der Waals surface area contributed by atoms with Crippen molar-refractivity contribution >= 4 is 17.0 Å². The Morgan fingerprint density at radius 1 is 1.33 bits per heavy atom. The summed E-state index contributed by atoms with van der Waals surface area (Å²) in [7, 11) is 0. The van der Waals surface area contributed by atoms with Crippen LogP contribution in [0.3, 0.4) is 0 Å². The van der Waals surface area contributed by atoms with E-state index in [2.05, 4.69) is 16.8 Å². The number of rotatable bonds is 6. The molecule has 2 aromatic rings. The van der Waals surface area contributed by atoms with Crippen molar-refractivity contribution in [2.75, 3.05) is 18.5 Å². The van der Waals surface area contributed by atoms with E-state index in [0.29, 0.717) is 12.4 Å². The van der Waals surface area contributed by atoms with E-state index in [0.717, 1.165) is 18.7 Å². The second-order valence-electron chi connectivity index (χ2n) is 3.83. The summed E-state index contributed by atoms with van der Waals surface area (Å²) in [6, 6.07) is 9.11. The fraction of sp³-hybridized carbons (Fsp3) is 0.286. The number of halogens is 1. The van der Waals surface area contributed by atoms with Gasteiger partial charge in [-0.25, -0.2) is 4.39 Å². The van der Waals surface area contributed by atoms with Gasteiger partial charge in [0, 0.05) is 23.2 Å². The molecule has 96 valence electrons. The predicted octanol–water partition coefficient (Wildman–Crippen LogP) is 3.94. The van der Waals surface area contributed by atoms with Crippen LogP contribution >= 0.6 is 11.3 Å². The van der Waals surface area contributed by atoms with Gasteiger partial charge in [0.15, 0.2) is 11.6 Å². The Hall–Kier alpha value is -1.55. The molecule has 2 rings (SSSR count). The lowest BCUT2D eigenvalue weighted by atomic mass is 10.2. The number of ether oxygens (including phenoxy) is 1. The molecule has 0 bridgehead atoms. The highest BCUT2D eigenvalue weighted by atomic mass is 32.1. The summed E-state index contributed by atoms with van der Waals surface area (Å²) < 4.78 is 18.7. The molecule has 2 nitrogen and oxygen atoms in total. The summed E-state index contributed by atoms with van der Waals surface area (Å²) in [4.78, 5) is 1.33. The molecule has 0 aliphatic heterocycles. The third-order valence-electron chi connectivity index (χ3n) is 2.51. The Labute approximate surface area is 110 Å². The number of thiophene rings is 1. The molecule has 1 aromatic carbocycles. The van der Waals surface area contributed by atoms with Crippen LogP contribution in [-0.2, 0) is 6.42 Å². The van der Waals surface area contributed by atoms with Crippen LogP contribution in [0.4, 0.5) is 10.1 Å². The topological polar surface area (TPSA) is 21.3 Å². The summed E-state index contributed by atoms with van der Waals surface area (Å²) in [6.07, 6.45) is 0.951. The first-order chi connectivity index (χ1) is 8.79. The maximum Gasteiger partial charge on any atom is 0.167 e. The average Bonchev–Trinajstić information content (AvgIpc) is 2.86. The molecule has 0 radical (unpaired) electrons. The van der Waals surface area contributed by atoms with Crippen molar-refractivity contribution in [2.24, 2.45) is 0 Å². The van der Waals surface area contributed by atoms with Crippen LogP contribution in [0, 0.1) is 5.82 Å². The average molecular weight is 265 g/mol. The Bertz CT molecular complexity index is 485. The number of benzene rings is 1. The van der Waals surface area contributed by atoms with E-state index < -0.39 is 0 Å². The van der Waals surface area contributed by atoms with Gasteiger partial charge in [-0.1, -0.05) is 6.07 Å². The molecule has 0 saturated heterocycles. The van der Waals surface area contributed by atoms with Crippen LogP contribution in [0.25, 0.3) is 0 Å². The van der Waals surface area contributed by atoms with Gasteiger partial charge < -0.3 is 10.1 Å². The standard InChI is InChI=1S/C14H16FNOS/c1-2-17-14-6-5-11(10-13(14)15)16-8-7-12-4-3-9-18-12/h3-6,9-10,16H,2,7-8H2,1H3. The van der Waals surface area contributed by atoms with E-state index >= 15 is 0 Å². The van der Waals surface area contributed by atoms with Crippen molar-refractivity contribution in [3.63, 3.8) is 0 Å². The van der Waals surface area contributed by atoms with E-state index in [9.17, 15) is 4.39 Å². The molecule has 0 aliphatic rings. The van der Waals surface area contributed by atoms with Crippen LogP contribution < -0.4 is 10.1 Å². The molecular weight excluding hydrogens is 249 g/mol. The normalized spacial score (nSPS) is 10.3. The highest BCUT2D eigenvalue weighted by molar-refractivity contribution is 7.09. The zero-order chi connectivity index (χ0) is 12.8. The number of hydrogen-bond donors (Lipinski definition) is 1. The minimum Gasteiger partial charge on any atom is -0.491 e. The second kappa shape index (κ2) is 6.40. The minimum atomic E-state index is -0.321. The molecular formula is C14H16FNOS. The number of nitrogens with one attached hydrogen (secondary N) is 1. The molecule has 0 saturated carbocycles. The zero-order valence-corrected chi connectivity index (χ0v) is 11.1. The second-order valence-corrected chi connectivity index (χ2v) is 4.87. The van der Waals surface area contributed by atoms with Crippen molar-refractivity contribution in [2.45, 2.75) is 13.3 Å². The highest BCUT2D eigenvalue weighted by Gasteiger charge is 2.03. The Morgan fingerprint density at radius 3 is 2.89 bits per heavy atom. The van der Waals surface area contributed by atoms with Gasteiger partial charge in [0.05, 0.1) is 6.61 Å². The van der Waals surface area contributed by atoms with E-state index in [1.165, 1.54) is 10.9 Å². The van der Waals surface area contributed by atoms with E-state index in [1.807, 2.05) is 19.1 Å². The Kier molecular flexibility index (Phi) is 4.59. The van der Waals surface area contributed by atoms with Gasteiger partial charge in [0.25, 0.3) is 0 Å². The van der Waals surface area contributed by atoms with Gasteiger partial charge in [0.1, 0.15) is 0 Å². The summed E-state index contributed by atoms with van der Waals surface area (Å²) >= 11 is 1.74. The number of hydrogen-bond acceptors (Lipinski definition) is 3. The van der Waals surface area contributed by atoms with E-state index in [1.54, 1.807) is 17.4 Å². The predicted molar refractivity (Wildman–Crippen MR) is 74.1 cm³/mol. The lowest BCUT2D eigenvalue weighted by Gasteiger charge is -2.08. The van der Waals surface area contributed by atoms with Crippen LogP contribution in [-0.4, -0.2) is 13.2 Å². The molecule has 4 heteroatoms. The van der Waals surface area contributed by atoms with E-state index in [4.69, 9.17) is 4.74 Å². The summed E-state index contributed by atoms with van der Waals surface area (Å²) in [5.74, 6) is -0.0146. The lowest BCUT2D eigenvalue weighted by Crippen LogP contribution is -2.04. The van der Waals surface area contributed by atoms with Crippen molar-refractivity contribution in [1.29, 1.82) is 0 Å². The van der Waals surface area contributed by atoms with Gasteiger partial charge in [-0.3, -0.25) is 0 Å².